The first-order valence-corrected chi connectivity index (χ1v) is 5.75. The highest BCUT2D eigenvalue weighted by Crippen LogP contribution is 2.04. The Morgan fingerprint density at radius 2 is 2.31 bits per heavy atom. The molecule has 0 aliphatic carbocycles. The Kier molecular flexibility index (Phi) is 4.94. The van der Waals surface area contributed by atoms with Crippen molar-refractivity contribution < 1.29 is 14.7 Å². The van der Waals surface area contributed by atoms with Gasteiger partial charge in [-0.2, -0.15) is 11.3 Å². The summed E-state index contributed by atoms with van der Waals surface area (Å²) in [5.74, 6) is -1.38. The minimum Gasteiger partial charge on any atom is -0.480 e. The molecule has 16 heavy (non-hydrogen) atoms. The Bertz CT molecular complexity index is 351. The molecule has 0 saturated carbocycles. The molecule has 5 nitrogen and oxygen atoms in total. The van der Waals surface area contributed by atoms with Gasteiger partial charge in [-0.1, -0.05) is 0 Å². The van der Waals surface area contributed by atoms with Crippen LogP contribution in [0, 0.1) is 0 Å². The first-order chi connectivity index (χ1) is 7.59. The molecular weight excluding hydrogens is 228 g/mol. The summed E-state index contributed by atoms with van der Waals surface area (Å²) >= 11 is 1.59. The Hall–Kier alpha value is -1.40. The van der Waals surface area contributed by atoms with Crippen molar-refractivity contribution in [2.75, 3.05) is 6.54 Å². The minimum atomic E-state index is -1.03. The first kappa shape index (κ1) is 12.7. The van der Waals surface area contributed by atoms with Gasteiger partial charge in [0.15, 0.2) is 0 Å². The molecule has 1 unspecified atom stereocenters. The second-order valence-electron chi connectivity index (χ2n) is 3.35. The van der Waals surface area contributed by atoms with Crippen molar-refractivity contribution in [3.05, 3.63) is 22.4 Å². The van der Waals surface area contributed by atoms with Crippen LogP contribution >= 0.6 is 11.3 Å². The number of amides is 1. The summed E-state index contributed by atoms with van der Waals surface area (Å²) in [6.07, 6.45) is 0. The van der Waals surface area contributed by atoms with Gasteiger partial charge in [0.25, 0.3) is 0 Å². The number of aliphatic carboxylic acids is 1. The van der Waals surface area contributed by atoms with Crippen molar-refractivity contribution in [2.45, 2.75) is 19.5 Å². The lowest BCUT2D eigenvalue weighted by Crippen LogP contribution is -2.46. The number of carbonyl (C=O) groups excluding carboxylic acids is 1. The van der Waals surface area contributed by atoms with Crippen molar-refractivity contribution in [3.63, 3.8) is 0 Å². The Labute approximate surface area is 97.5 Å². The fourth-order valence-electron chi connectivity index (χ4n) is 1.20. The fraction of sp³-hybridized carbons (Fsp3) is 0.400. The molecule has 0 fully saturated rings. The van der Waals surface area contributed by atoms with Gasteiger partial charge in [-0.3, -0.25) is 4.79 Å². The Morgan fingerprint density at radius 1 is 1.56 bits per heavy atom. The maximum absolute atomic E-state index is 10.8. The van der Waals surface area contributed by atoms with E-state index >= 15 is 0 Å². The predicted molar refractivity (Wildman–Crippen MR) is 61.3 cm³/mol. The van der Waals surface area contributed by atoms with E-state index in [1.165, 1.54) is 6.92 Å². The average molecular weight is 242 g/mol. The van der Waals surface area contributed by atoms with E-state index in [0.717, 1.165) is 5.56 Å². The molecule has 1 heterocycles. The number of hydrogen-bond acceptors (Lipinski definition) is 4. The van der Waals surface area contributed by atoms with Crippen molar-refractivity contribution in [1.82, 2.24) is 10.6 Å². The molecule has 0 saturated heterocycles. The normalized spacial score (nSPS) is 12.1. The van der Waals surface area contributed by atoms with Gasteiger partial charge in [-0.25, -0.2) is 4.79 Å². The van der Waals surface area contributed by atoms with Crippen LogP contribution in [0.4, 0.5) is 0 Å². The quantitative estimate of drug-likeness (QED) is 0.676. The predicted octanol–water partition coefficient (Wildman–Crippen LogP) is 0.427. The van der Waals surface area contributed by atoms with Crippen LogP contribution in [0.3, 0.4) is 0 Å². The molecule has 3 N–H and O–H groups in total. The summed E-state index contributed by atoms with van der Waals surface area (Å²) in [6, 6.07) is 1.09. The topological polar surface area (TPSA) is 78.4 Å². The summed E-state index contributed by atoms with van der Waals surface area (Å²) in [6.45, 7) is 2.12. The highest BCUT2D eigenvalue weighted by molar-refractivity contribution is 7.07. The second-order valence-corrected chi connectivity index (χ2v) is 4.13. The molecule has 1 aromatic heterocycles. The lowest BCUT2D eigenvalue weighted by molar-refractivity contribution is -0.141. The SMILES string of the molecule is CC(=O)NC(CNCc1ccsc1)C(=O)O. The smallest absolute Gasteiger partial charge is 0.327 e. The molecule has 0 aromatic carbocycles. The molecule has 88 valence electrons. The lowest BCUT2D eigenvalue weighted by atomic mass is 10.2. The molecule has 0 aliphatic rings. The zero-order chi connectivity index (χ0) is 12.0. The number of carbonyl (C=O) groups is 2. The van der Waals surface area contributed by atoms with Crippen molar-refractivity contribution in [3.8, 4) is 0 Å². The third kappa shape index (κ3) is 4.41. The fourth-order valence-corrected chi connectivity index (χ4v) is 1.87. The van der Waals surface area contributed by atoms with Gasteiger partial charge in [-0.05, 0) is 22.4 Å². The van der Waals surface area contributed by atoms with E-state index in [1.807, 2.05) is 16.8 Å². The van der Waals surface area contributed by atoms with Crippen molar-refractivity contribution in [2.24, 2.45) is 0 Å². The second kappa shape index (κ2) is 6.24. The highest BCUT2D eigenvalue weighted by atomic mass is 32.1. The molecular formula is C10H14N2O3S. The van der Waals surface area contributed by atoms with Gasteiger partial charge in [0.1, 0.15) is 6.04 Å². The first-order valence-electron chi connectivity index (χ1n) is 4.81. The highest BCUT2D eigenvalue weighted by Gasteiger charge is 2.17. The van der Waals surface area contributed by atoms with Crippen molar-refractivity contribution >= 4 is 23.2 Å². The number of thiophene rings is 1. The van der Waals surface area contributed by atoms with Crippen LogP contribution in [0.25, 0.3) is 0 Å². The van der Waals surface area contributed by atoms with Gasteiger partial charge < -0.3 is 15.7 Å². The van der Waals surface area contributed by atoms with E-state index in [-0.39, 0.29) is 12.5 Å². The van der Waals surface area contributed by atoms with Gasteiger partial charge >= 0.3 is 5.97 Å². The van der Waals surface area contributed by atoms with Gasteiger partial charge in [0.2, 0.25) is 5.91 Å². The monoisotopic (exact) mass is 242 g/mol. The number of hydrogen-bond donors (Lipinski definition) is 3. The molecule has 1 atom stereocenters. The molecule has 6 heteroatoms. The van der Waals surface area contributed by atoms with Crippen LogP contribution in [-0.4, -0.2) is 29.6 Å². The summed E-state index contributed by atoms with van der Waals surface area (Å²) in [5, 5.41) is 18.1. The van der Waals surface area contributed by atoms with Gasteiger partial charge in [0, 0.05) is 20.0 Å². The van der Waals surface area contributed by atoms with E-state index in [1.54, 1.807) is 11.3 Å². The van der Waals surface area contributed by atoms with E-state index in [2.05, 4.69) is 10.6 Å². The van der Waals surface area contributed by atoms with Gasteiger partial charge in [-0.15, -0.1) is 0 Å². The number of rotatable bonds is 6. The van der Waals surface area contributed by atoms with Crippen LogP contribution in [0.1, 0.15) is 12.5 Å². The van der Waals surface area contributed by atoms with Gasteiger partial charge in [0.05, 0.1) is 0 Å². The zero-order valence-electron chi connectivity index (χ0n) is 8.90. The largest absolute Gasteiger partial charge is 0.480 e. The summed E-state index contributed by atoms with van der Waals surface area (Å²) in [5.41, 5.74) is 1.11. The van der Waals surface area contributed by atoms with Crippen molar-refractivity contribution in [1.29, 1.82) is 0 Å². The third-order valence-electron chi connectivity index (χ3n) is 1.93. The minimum absolute atomic E-state index is 0.213. The molecule has 0 radical (unpaired) electrons. The summed E-state index contributed by atoms with van der Waals surface area (Å²) in [7, 11) is 0. The molecule has 0 aliphatic heterocycles. The Morgan fingerprint density at radius 3 is 2.81 bits per heavy atom. The zero-order valence-corrected chi connectivity index (χ0v) is 9.71. The molecule has 1 rings (SSSR count). The van der Waals surface area contributed by atoms with Crippen LogP contribution in [0.2, 0.25) is 0 Å². The van der Waals surface area contributed by atoms with Crippen LogP contribution in [-0.2, 0) is 16.1 Å². The number of carboxylic acids is 1. The van der Waals surface area contributed by atoms with Crippen LogP contribution < -0.4 is 10.6 Å². The third-order valence-corrected chi connectivity index (χ3v) is 2.67. The van der Waals surface area contributed by atoms with E-state index in [4.69, 9.17) is 5.11 Å². The molecule has 1 amide bonds. The van der Waals surface area contributed by atoms with E-state index in [9.17, 15) is 9.59 Å². The standard InChI is InChI=1S/C10H14N2O3S/c1-7(13)12-9(10(14)15)5-11-4-8-2-3-16-6-8/h2-3,6,9,11H,4-5H2,1H3,(H,12,13)(H,14,15). The summed E-state index contributed by atoms with van der Waals surface area (Å²) in [4.78, 5) is 21.5. The lowest BCUT2D eigenvalue weighted by Gasteiger charge is -2.13. The maximum atomic E-state index is 10.8. The van der Waals surface area contributed by atoms with Crippen LogP contribution in [0.5, 0.6) is 0 Å². The molecule has 1 aromatic rings. The number of carboxylic acid groups (broad SMARTS) is 1. The summed E-state index contributed by atoms with van der Waals surface area (Å²) < 4.78 is 0. The Balaban J connectivity index is 2.32. The van der Waals surface area contributed by atoms with Crippen LogP contribution in [0.15, 0.2) is 16.8 Å². The maximum Gasteiger partial charge on any atom is 0.327 e. The molecule has 0 spiro atoms. The average Bonchev–Trinajstić information content (AvgIpc) is 2.68. The number of nitrogens with one attached hydrogen (secondary N) is 2. The van der Waals surface area contributed by atoms with E-state index < -0.39 is 12.0 Å². The van der Waals surface area contributed by atoms with E-state index in [0.29, 0.717) is 6.54 Å². The molecule has 0 bridgehead atoms.